The van der Waals surface area contributed by atoms with Gasteiger partial charge in [-0.15, -0.1) is 0 Å². The van der Waals surface area contributed by atoms with Crippen molar-refractivity contribution in [3.63, 3.8) is 0 Å². The van der Waals surface area contributed by atoms with Gasteiger partial charge in [0.25, 0.3) is 0 Å². The van der Waals surface area contributed by atoms with E-state index in [1.165, 1.54) is 0 Å². The molecule has 1 heterocycles. The van der Waals surface area contributed by atoms with Gasteiger partial charge in [-0.1, -0.05) is 24.3 Å². The number of benzene rings is 3. The van der Waals surface area contributed by atoms with Gasteiger partial charge in [0.1, 0.15) is 16.9 Å². The third-order valence-corrected chi connectivity index (χ3v) is 4.79. The van der Waals surface area contributed by atoms with Crippen LogP contribution in [-0.2, 0) is 11.2 Å². The number of para-hydroxylation sites is 1. The Morgan fingerprint density at radius 2 is 1.59 bits per heavy atom. The Morgan fingerprint density at radius 3 is 2.34 bits per heavy atom. The van der Waals surface area contributed by atoms with E-state index in [0.29, 0.717) is 28.5 Å². The molecule has 0 aliphatic rings. The summed E-state index contributed by atoms with van der Waals surface area (Å²) in [6, 6.07) is 16.9. The fourth-order valence-electron chi connectivity index (χ4n) is 3.39. The lowest BCUT2D eigenvalue weighted by Crippen LogP contribution is -2.15. The highest BCUT2D eigenvalue weighted by atomic mass is 16.5. The third kappa shape index (κ3) is 3.57. The van der Waals surface area contributed by atoms with Gasteiger partial charge in [0.2, 0.25) is 5.91 Å². The Kier molecular flexibility index (Phi) is 4.99. The third-order valence-electron chi connectivity index (χ3n) is 4.79. The summed E-state index contributed by atoms with van der Waals surface area (Å²) in [5.74, 6) is 1.60. The second kappa shape index (κ2) is 7.75. The molecule has 0 spiro atoms. The van der Waals surface area contributed by atoms with Crippen molar-refractivity contribution in [1.29, 1.82) is 0 Å². The molecule has 1 aromatic heterocycles. The molecule has 6 heteroatoms. The highest BCUT2D eigenvalue weighted by Gasteiger charge is 2.15. The van der Waals surface area contributed by atoms with Crippen LogP contribution in [0, 0.1) is 0 Å². The van der Waals surface area contributed by atoms with Gasteiger partial charge in [0.15, 0.2) is 11.5 Å². The number of hydrogen-bond donors (Lipinski definition) is 1. The minimum Gasteiger partial charge on any atom is -0.495 e. The number of carbonyl (C=O) groups is 1. The number of ether oxygens (including phenoxy) is 3. The van der Waals surface area contributed by atoms with E-state index in [9.17, 15) is 4.79 Å². The van der Waals surface area contributed by atoms with E-state index in [0.717, 1.165) is 21.9 Å². The first-order valence-electron chi connectivity index (χ1n) is 9.13. The van der Waals surface area contributed by atoms with Crippen LogP contribution in [0.4, 0.5) is 5.69 Å². The van der Waals surface area contributed by atoms with E-state index < -0.39 is 0 Å². The fourth-order valence-corrected chi connectivity index (χ4v) is 3.39. The number of hydrogen-bond acceptors (Lipinski definition) is 5. The largest absolute Gasteiger partial charge is 0.495 e. The van der Waals surface area contributed by atoms with Gasteiger partial charge < -0.3 is 23.9 Å². The van der Waals surface area contributed by atoms with Crippen LogP contribution in [0.2, 0.25) is 0 Å². The van der Waals surface area contributed by atoms with E-state index in [4.69, 9.17) is 18.6 Å². The summed E-state index contributed by atoms with van der Waals surface area (Å²) in [5, 5.41) is 4.86. The predicted molar refractivity (Wildman–Crippen MR) is 112 cm³/mol. The summed E-state index contributed by atoms with van der Waals surface area (Å²) < 4.78 is 21.9. The molecule has 1 N–H and O–H groups in total. The number of amides is 1. The maximum Gasteiger partial charge on any atom is 0.228 e. The summed E-state index contributed by atoms with van der Waals surface area (Å²) in [5.41, 5.74) is 2.85. The summed E-state index contributed by atoms with van der Waals surface area (Å²) in [7, 11) is 4.72. The highest BCUT2D eigenvalue weighted by Crippen LogP contribution is 2.36. The second-order valence-corrected chi connectivity index (χ2v) is 6.56. The zero-order valence-corrected chi connectivity index (χ0v) is 16.4. The first-order chi connectivity index (χ1) is 14.1. The van der Waals surface area contributed by atoms with Crippen molar-refractivity contribution < 1.29 is 23.4 Å². The quantitative estimate of drug-likeness (QED) is 0.512. The zero-order chi connectivity index (χ0) is 20.4. The van der Waals surface area contributed by atoms with Crippen LogP contribution in [0.3, 0.4) is 0 Å². The molecular formula is C23H21NO5. The Bertz CT molecular complexity index is 1190. The fraction of sp³-hybridized carbons (Fsp3) is 0.174. The molecule has 0 saturated carbocycles. The molecule has 0 unspecified atom stereocenters. The van der Waals surface area contributed by atoms with Gasteiger partial charge in [0.05, 0.1) is 33.4 Å². The Morgan fingerprint density at radius 1 is 0.828 bits per heavy atom. The van der Waals surface area contributed by atoms with E-state index in [2.05, 4.69) is 5.32 Å². The van der Waals surface area contributed by atoms with E-state index in [-0.39, 0.29) is 12.3 Å². The van der Waals surface area contributed by atoms with Crippen LogP contribution in [0.5, 0.6) is 17.2 Å². The summed E-state index contributed by atoms with van der Waals surface area (Å²) in [4.78, 5) is 12.6. The number of anilines is 1. The van der Waals surface area contributed by atoms with Gasteiger partial charge in [-0.2, -0.15) is 0 Å². The van der Waals surface area contributed by atoms with E-state index >= 15 is 0 Å². The van der Waals surface area contributed by atoms with E-state index in [1.807, 2.05) is 36.4 Å². The number of carbonyl (C=O) groups excluding carboxylic acids is 1. The SMILES string of the molecule is COc1cc2c(cc1NC(=O)Cc1ccc(OC)c(OC)c1)oc1ccccc12. The monoisotopic (exact) mass is 391 g/mol. The average Bonchev–Trinajstić information content (AvgIpc) is 3.10. The van der Waals surface area contributed by atoms with Crippen molar-refractivity contribution in [3.8, 4) is 17.2 Å². The second-order valence-electron chi connectivity index (χ2n) is 6.56. The first kappa shape index (κ1) is 18.7. The van der Waals surface area contributed by atoms with Crippen molar-refractivity contribution in [2.45, 2.75) is 6.42 Å². The van der Waals surface area contributed by atoms with E-state index in [1.54, 1.807) is 39.5 Å². The smallest absolute Gasteiger partial charge is 0.228 e. The molecule has 29 heavy (non-hydrogen) atoms. The maximum atomic E-state index is 12.6. The molecule has 0 atom stereocenters. The normalized spacial score (nSPS) is 10.9. The predicted octanol–water partition coefficient (Wildman–Crippen LogP) is 4.79. The Labute approximate surface area is 168 Å². The molecule has 148 valence electrons. The van der Waals surface area contributed by atoms with Crippen LogP contribution in [0.25, 0.3) is 21.9 Å². The van der Waals surface area contributed by atoms with Gasteiger partial charge in [-0.05, 0) is 29.8 Å². The zero-order valence-electron chi connectivity index (χ0n) is 16.4. The summed E-state index contributed by atoms with van der Waals surface area (Å²) >= 11 is 0. The molecule has 0 bridgehead atoms. The van der Waals surface area contributed by atoms with Gasteiger partial charge in [0, 0.05) is 16.8 Å². The average molecular weight is 391 g/mol. The lowest BCUT2D eigenvalue weighted by atomic mass is 10.1. The van der Waals surface area contributed by atoms with Crippen LogP contribution in [0.1, 0.15) is 5.56 Å². The van der Waals surface area contributed by atoms with Crippen molar-refractivity contribution >= 4 is 33.5 Å². The van der Waals surface area contributed by atoms with Crippen molar-refractivity contribution in [1.82, 2.24) is 0 Å². The molecule has 4 aromatic rings. The van der Waals surface area contributed by atoms with Gasteiger partial charge >= 0.3 is 0 Å². The van der Waals surface area contributed by atoms with Crippen molar-refractivity contribution in [2.24, 2.45) is 0 Å². The minimum absolute atomic E-state index is 0.175. The minimum atomic E-state index is -0.175. The number of nitrogens with one attached hydrogen (secondary N) is 1. The molecule has 0 aliphatic carbocycles. The Hall–Kier alpha value is -3.67. The van der Waals surface area contributed by atoms with Crippen LogP contribution >= 0.6 is 0 Å². The number of methoxy groups -OCH3 is 3. The van der Waals surface area contributed by atoms with Gasteiger partial charge in [-0.25, -0.2) is 0 Å². The lowest BCUT2D eigenvalue weighted by molar-refractivity contribution is -0.115. The molecule has 0 radical (unpaired) electrons. The maximum absolute atomic E-state index is 12.6. The molecule has 6 nitrogen and oxygen atoms in total. The topological polar surface area (TPSA) is 69.9 Å². The van der Waals surface area contributed by atoms with Crippen molar-refractivity contribution in [2.75, 3.05) is 26.6 Å². The number of rotatable bonds is 6. The number of fused-ring (bicyclic) bond motifs is 3. The van der Waals surface area contributed by atoms with Crippen LogP contribution in [0.15, 0.2) is 59.0 Å². The lowest BCUT2D eigenvalue weighted by Gasteiger charge is -2.12. The molecule has 4 rings (SSSR count). The molecule has 0 saturated heterocycles. The van der Waals surface area contributed by atoms with Crippen LogP contribution < -0.4 is 19.5 Å². The summed E-state index contributed by atoms with van der Waals surface area (Å²) in [6.45, 7) is 0. The molecule has 0 aliphatic heterocycles. The molecule has 1 amide bonds. The highest BCUT2D eigenvalue weighted by molar-refractivity contribution is 6.07. The molecule has 3 aromatic carbocycles. The van der Waals surface area contributed by atoms with Crippen molar-refractivity contribution in [3.05, 3.63) is 60.2 Å². The number of furan rings is 1. The standard InChI is InChI=1S/C23H21NO5/c1-26-19-9-8-14(10-22(19)28-3)11-23(25)24-17-13-20-16(12-21(17)27-2)15-6-4-5-7-18(15)29-20/h4-10,12-13H,11H2,1-3H3,(H,24,25). The summed E-state index contributed by atoms with van der Waals surface area (Å²) in [6.07, 6.45) is 0.182. The van der Waals surface area contributed by atoms with Gasteiger partial charge in [-0.3, -0.25) is 4.79 Å². The first-order valence-corrected chi connectivity index (χ1v) is 9.13. The van der Waals surface area contributed by atoms with Crippen LogP contribution in [-0.4, -0.2) is 27.2 Å². The molecule has 0 fully saturated rings. The Balaban J connectivity index is 1.61. The molecular weight excluding hydrogens is 370 g/mol.